The van der Waals surface area contributed by atoms with E-state index in [9.17, 15) is 9.59 Å². The summed E-state index contributed by atoms with van der Waals surface area (Å²) in [6, 6.07) is 7.35. The molecule has 1 aromatic rings. The van der Waals surface area contributed by atoms with Crippen molar-refractivity contribution >= 4 is 17.5 Å². The first-order chi connectivity index (χ1) is 10.7. The number of hydrogen-bond acceptors (Lipinski definition) is 2. The molecular weight excluding hydrogens is 288 g/mol. The number of carbonyl (C=O) groups excluding carboxylic acids is 2. The molecule has 3 unspecified atom stereocenters. The molecule has 0 heterocycles. The summed E-state index contributed by atoms with van der Waals surface area (Å²) in [7, 11) is 0. The van der Waals surface area contributed by atoms with Gasteiger partial charge in [-0.25, -0.2) is 0 Å². The molecule has 1 aromatic carbocycles. The van der Waals surface area contributed by atoms with Gasteiger partial charge in [0.2, 0.25) is 5.91 Å². The molecule has 2 bridgehead atoms. The maximum Gasteiger partial charge on any atom is 0.251 e. The number of hydrogen-bond donors (Lipinski definition) is 2. The van der Waals surface area contributed by atoms with Crippen molar-refractivity contribution in [2.45, 2.75) is 53.0 Å². The number of nitrogens with one attached hydrogen (secondary N) is 2. The van der Waals surface area contributed by atoms with Gasteiger partial charge in [-0.15, -0.1) is 0 Å². The molecule has 124 valence electrons. The smallest absolute Gasteiger partial charge is 0.251 e. The van der Waals surface area contributed by atoms with Crippen molar-refractivity contribution in [2.24, 2.45) is 16.7 Å². The summed E-state index contributed by atoms with van der Waals surface area (Å²) in [5.41, 5.74) is 1.70. The molecule has 2 aliphatic carbocycles. The van der Waals surface area contributed by atoms with Crippen molar-refractivity contribution < 1.29 is 9.59 Å². The Labute approximate surface area is 138 Å². The van der Waals surface area contributed by atoms with Gasteiger partial charge >= 0.3 is 0 Å². The van der Waals surface area contributed by atoms with E-state index in [2.05, 4.69) is 31.4 Å². The summed E-state index contributed by atoms with van der Waals surface area (Å²) < 4.78 is 0. The second kappa shape index (κ2) is 5.36. The SMILES string of the molecule is CC(=O)Nc1cccc(C(=O)NC2CC3CCC2(C)C3(C)C)c1. The van der Waals surface area contributed by atoms with Crippen molar-refractivity contribution in [1.29, 1.82) is 0 Å². The van der Waals surface area contributed by atoms with Gasteiger partial charge in [0.05, 0.1) is 0 Å². The van der Waals surface area contributed by atoms with Gasteiger partial charge in [-0.05, 0) is 54.2 Å². The van der Waals surface area contributed by atoms with Crippen molar-refractivity contribution in [3.63, 3.8) is 0 Å². The Hall–Kier alpha value is -1.84. The second-order valence-electron chi connectivity index (χ2n) is 7.90. The first-order valence-electron chi connectivity index (χ1n) is 8.42. The van der Waals surface area contributed by atoms with Crippen LogP contribution >= 0.6 is 0 Å². The molecule has 2 saturated carbocycles. The number of benzene rings is 1. The summed E-state index contributed by atoms with van der Waals surface area (Å²) in [4.78, 5) is 23.8. The lowest BCUT2D eigenvalue weighted by atomic mass is 9.69. The lowest BCUT2D eigenvalue weighted by Gasteiger charge is -2.39. The fourth-order valence-electron chi connectivity index (χ4n) is 4.61. The molecule has 3 rings (SSSR count). The maximum absolute atomic E-state index is 12.6. The number of fused-ring (bicyclic) bond motifs is 2. The van der Waals surface area contributed by atoms with Gasteiger partial charge in [0.15, 0.2) is 0 Å². The molecule has 0 aromatic heterocycles. The molecular formula is C19H26N2O2. The molecule has 0 spiro atoms. The van der Waals surface area contributed by atoms with Gasteiger partial charge in [-0.1, -0.05) is 26.8 Å². The van der Waals surface area contributed by atoms with E-state index < -0.39 is 0 Å². The Morgan fingerprint density at radius 2 is 1.96 bits per heavy atom. The lowest BCUT2D eigenvalue weighted by Crippen LogP contribution is -2.46. The van der Waals surface area contributed by atoms with E-state index >= 15 is 0 Å². The average Bonchev–Trinajstić information content (AvgIpc) is 2.80. The first-order valence-corrected chi connectivity index (χ1v) is 8.42. The highest BCUT2D eigenvalue weighted by Gasteiger charge is 2.61. The van der Waals surface area contributed by atoms with Gasteiger partial charge in [0.1, 0.15) is 0 Å². The zero-order valence-corrected chi connectivity index (χ0v) is 14.4. The van der Waals surface area contributed by atoms with Crippen molar-refractivity contribution in [2.75, 3.05) is 5.32 Å². The molecule has 3 atom stereocenters. The highest BCUT2D eigenvalue weighted by atomic mass is 16.2. The van der Waals surface area contributed by atoms with Crippen LogP contribution in [0.5, 0.6) is 0 Å². The van der Waals surface area contributed by atoms with Crippen LogP contribution in [0, 0.1) is 16.7 Å². The minimum atomic E-state index is -0.134. The Bertz CT molecular complexity index is 653. The summed E-state index contributed by atoms with van der Waals surface area (Å²) in [5.74, 6) is 0.514. The van der Waals surface area contributed by atoms with E-state index in [1.807, 2.05) is 0 Å². The zero-order chi connectivity index (χ0) is 16.8. The van der Waals surface area contributed by atoms with Crippen molar-refractivity contribution in [1.82, 2.24) is 5.32 Å². The van der Waals surface area contributed by atoms with Gasteiger partial charge in [-0.3, -0.25) is 9.59 Å². The van der Waals surface area contributed by atoms with Crippen LogP contribution in [0.3, 0.4) is 0 Å². The van der Waals surface area contributed by atoms with E-state index in [0.717, 1.165) is 6.42 Å². The Morgan fingerprint density at radius 1 is 1.22 bits per heavy atom. The Morgan fingerprint density at radius 3 is 2.52 bits per heavy atom. The van der Waals surface area contributed by atoms with E-state index in [4.69, 9.17) is 0 Å². The van der Waals surface area contributed by atoms with Crippen LogP contribution in [-0.4, -0.2) is 17.9 Å². The fourth-order valence-corrected chi connectivity index (χ4v) is 4.61. The van der Waals surface area contributed by atoms with Crippen molar-refractivity contribution in [3.8, 4) is 0 Å². The first kappa shape index (κ1) is 16.0. The minimum absolute atomic E-state index is 0.0493. The van der Waals surface area contributed by atoms with Crippen LogP contribution < -0.4 is 10.6 Å². The molecule has 2 aliphatic rings. The molecule has 23 heavy (non-hydrogen) atoms. The lowest BCUT2D eigenvalue weighted by molar-refractivity contribution is -0.114. The predicted molar refractivity (Wildman–Crippen MR) is 91.2 cm³/mol. The largest absolute Gasteiger partial charge is 0.349 e. The topological polar surface area (TPSA) is 58.2 Å². The summed E-state index contributed by atoms with van der Waals surface area (Å²) >= 11 is 0. The Kier molecular flexibility index (Phi) is 3.74. The molecule has 2 N–H and O–H groups in total. The van der Waals surface area contributed by atoms with Gasteiger partial charge in [0, 0.05) is 24.2 Å². The summed E-state index contributed by atoms with van der Waals surface area (Å²) in [6.45, 7) is 8.46. The standard InChI is InChI=1S/C19H26N2O2/c1-12(22)20-15-7-5-6-13(10-15)17(23)21-16-11-14-8-9-19(16,4)18(14,2)3/h5-7,10,14,16H,8-9,11H2,1-4H3,(H,20,22)(H,21,23). The number of amides is 2. The molecule has 4 nitrogen and oxygen atoms in total. The van der Waals surface area contributed by atoms with Crippen LogP contribution in [0.4, 0.5) is 5.69 Å². The average molecular weight is 314 g/mol. The molecule has 0 saturated heterocycles. The maximum atomic E-state index is 12.6. The molecule has 0 aliphatic heterocycles. The molecule has 0 radical (unpaired) electrons. The van der Waals surface area contributed by atoms with Crippen LogP contribution in [0.25, 0.3) is 0 Å². The number of carbonyl (C=O) groups is 2. The summed E-state index contributed by atoms with van der Waals surface area (Å²) in [5, 5.41) is 5.97. The third-order valence-electron chi connectivity index (χ3n) is 6.54. The normalized spacial score (nSPS) is 31.0. The van der Waals surface area contributed by atoms with Crippen LogP contribution in [0.2, 0.25) is 0 Å². The minimum Gasteiger partial charge on any atom is -0.349 e. The van der Waals surface area contributed by atoms with E-state index in [1.54, 1.807) is 24.3 Å². The quantitative estimate of drug-likeness (QED) is 0.895. The molecule has 2 amide bonds. The van der Waals surface area contributed by atoms with Crippen LogP contribution in [0.15, 0.2) is 24.3 Å². The fraction of sp³-hybridized carbons (Fsp3) is 0.579. The van der Waals surface area contributed by atoms with E-state index in [-0.39, 0.29) is 28.7 Å². The number of anilines is 1. The highest BCUT2D eigenvalue weighted by molar-refractivity contribution is 5.97. The predicted octanol–water partition coefficient (Wildman–Crippen LogP) is 3.59. The third kappa shape index (κ3) is 2.54. The number of rotatable bonds is 3. The van der Waals surface area contributed by atoms with E-state index in [0.29, 0.717) is 17.2 Å². The van der Waals surface area contributed by atoms with Crippen LogP contribution in [-0.2, 0) is 4.79 Å². The monoisotopic (exact) mass is 314 g/mol. The van der Waals surface area contributed by atoms with Gasteiger partial charge in [-0.2, -0.15) is 0 Å². The highest BCUT2D eigenvalue weighted by Crippen LogP contribution is 2.65. The molecule has 2 fully saturated rings. The second-order valence-corrected chi connectivity index (χ2v) is 7.90. The van der Waals surface area contributed by atoms with Crippen LogP contribution in [0.1, 0.15) is 57.3 Å². The summed E-state index contributed by atoms with van der Waals surface area (Å²) in [6.07, 6.45) is 3.52. The third-order valence-corrected chi connectivity index (χ3v) is 6.54. The van der Waals surface area contributed by atoms with Gasteiger partial charge < -0.3 is 10.6 Å². The van der Waals surface area contributed by atoms with Crippen molar-refractivity contribution in [3.05, 3.63) is 29.8 Å². The van der Waals surface area contributed by atoms with E-state index in [1.165, 1.54) is 19.8 Å². The zero-order valence-electron chi connectivity index (χ0n) is 14.4. The Balaban J connectivity index is 1.75. The van der Waals surface area contributed by atoms with Gasteiger partial charge in [0.25, 0.3) is 5.91 Å². The molecule has 4 heteroatoms.